The first-order valence-corrected chi connectivity index (χ1v) is 11.0. The molecule has 146 valence electrons. The molecule has 0 radical (unpaired) electrons. The van der Waals surface area contributed by atoms with E-state index < -0.39 is 0 Å². The van der Waals surface area contributed by atoms with Crippen LogP contribution in [-0.4, -0.2) is 49.0 Å². The smallest absolute Gasteiger partial charge is 0.225 e. The highest BCUT2D eigenvalue weighted by Gasteiger charge is 2.48. The lowest BCUT2D eigenvalue weighted by atomic mass is 9.65. The molecule has 5 heteroatoms. The van der Waals surface area contributed by atoms with Gasteiger partial charge in [0.05, 0.1) is 0 Å². The molecule has 2 N–H and O–H groups in total. The van der Waals surface area contributed by atoms with Crippen LogP contribution in [0.4, 0.5) is 0 Å². The zero-order valence-electron chi connectivity index (χ0n) is 16.4. The normalized spacial score (nSPS) is 28.9. The van der Waals surface area contributed by atoms with Gasteiger partial charge in [-0.3, -0.25) is 9.79 Å². The minimum atomic E-state index is 0.299. The molecular formula is C21H36N4O. The van der Waals surface area contributed by atoms with Gasteiger partial charge in [0.2, 0.25) is 5.91 Å². The molecule has 3 saturated carbocycles. The number of hydrogen-bond acceptors (Lipinski definition) is 2. The Balaban J connectivity index is 1.30. The molecule has 0 aromatic carbocycles. The minimum Gasteiger partial charge on any atom is -0.357 e. The predicted molar refractivity (Wildman–Crippen MR) is 105 cm³/mol. The minimum absolute atomic E-state index is 0.299. The topological polar surface area (TPSA) is 56.7 Å². The van der Waals surface area contributed by atoms with E-state index in [-0.39, 0.29) is 0 Å². The Morgan fingerprint density at radius 1 is 1.12 bits per heavy atom. The van der Waals surface area contributed by atoms with Crippen LogP contribution < -0.4 is 10.6 Å². The average molecular weight is 361 g/mol. The Bertz CT molecular complexity index is 532. The lowest BCUT2D eigenvalue weighted by Crippen LogP contribution is -2.46. The summed E-state index contributed by atoms with van der Waals surface area (Å²) in [7, 11) is 0. The van der Waals surface area contributed by atoms with Crippen molar-refractivity contribution in [2.24, 2.45) is 22.2 Å². The van der Waals surface area contributed by atoms with E-state index in [1.807, 2.05) is 0 Å². The van der Waals surface area contributed by atoms with E-state index in [2.05, 4.69) is 22.5 Å². The van der Waals surface area contributed by atoms with E-state index in [1.54, 1.807) is 0 Å². The summed E-state index contributed by atoms with van der Waals surface area (Å²) in [6.07, 6.45) is 12.6. The Kier molecular flexibility index (Phi) is 5.42. The number of rotatable bonds is 6. The van der Waals surface area contributed by atoms with Crippen molar-refractivity contribution in [2.75, 3.05) is 26.2 Å². The second-order valence-electron chi connectivity index (χ2n) is 9.08. The highest BCUT2D eigenvalue weighted by molar-refractivity contribution is 5.81. The quantitative estimate of drug-likeness (QED) is 0.566. The molecule has 26 heavy (non-hydrogen) atoms. The van der Waals surface area contributed by atoms with Crippen LogP contribution in [-0.2, 0) is 4.79 Å². The van der Waals surface area contributed by atoms with E-state index >= 15 is 0 Å². The summed E-state index contributed by atoms with van der Waals surface area (Å²) < 4.78 is 0. The standard InChI is InChI=1S/C21H36N4O/c1-2-22-20(23-15-21(11-5-12-21)17-8-9-17)24-18-10-13-25(14-18)19(26)16-6-3-4-7-16/h16-18H,2-15H2,1H3,(H2,22,23,24). The van der Waals surface area contributed by atoms with Crippen molar-refractivity contribution in [3.63, 3.8) is 0 Å². The van der Waals surface area contributed by atoms with Crippen LogP contribution in [0.1, 0.15) is 71.1 Å². The Hall–Kier alpha value is -1.26. The first-order chi connectivity index (χ1) is 12.7. The number of amides is 1. The SMILES string of the molecule is CCNC(=NCC1(C2CC2)CCC1)NC1CCN(C(=O)C2CCCC2)C1. The first kappa shape index (κ1) is 18.1. The number of likely N-dealkylation sites (tertiary alicyclic amines) is 1. The molecule has 1 heterocycles. The van der Waals surface area contributed by atoms with Gasteiger partial charge in [0.25, 0.3) is 0 Å². The Labute approximate surface area is 158 Å². The van der Waals surface area contributed by atoms with Crippen LogP contribution in [0, 0.1) is 17.3 Å². The second kappa shape index (κ2) is 7.77. The molecule has 1 amide bonds. The van der Waals surface area contributed by atoms with Crippen molar-refractivity contribution in [2.45, 2.75) is 77.2 Å². The first-order valence-electron chi connectivity index (χ1n) is 11.0. The number of guanidine groups is 1. The van der Waals surface area contributed by atoms with Crippen molar-refractivity contribution in [1.29, 1.82) is 0 Å². The molecule has 1 unspecified atom stereocenters. The van der Waals surface area contributed by atoms with Gasteiger partial charge in [-0.25, -0.2) is 0 Å². The fourth-order valence-electron chi connectivity index (χ4n) is 5.28. The van der Waals surface area contributed by atoms with Crippen molar-refractivity contribution >= 4 is 11.9 Å². The lowest BCUT2D eigenvalue weighted by Gasteiger charge is -2.41. The van der Waals surface area contributed by atoms with Crippen LogP contribution >= 0.6 is 0 Å². The molecular weight excluding hydrogens is 324 g/mol. The fraction of sp³-hybridized carbons (Fsp3) is 0.905. The van der Waals surface area contributed by atoms with Gasteiger partial charge >= 0.3 is 0 Å². The Morgan fingerprint density at radius 2 is 1.88 bits per heavy atom. The molecule has 3 aliphatic carbocycles. The van der Waals surface area contributed by atoms with Gasteiger partial charge < -0.3 is 15.5 Å². The second-order valence-corrected chi connectivity index (χ2v) is 9.08. The zero-order chi connectivity index (χ0) is 18.0. The summed E-state index contributed by atoms with van der Waals surface area (Å²) in [5.41, 5.74) is 0.516. The molecule has 1 atom stereocenters. The predicted octanol–water partition coefficient (Wildman–Crippen LogP) is 2.91. The number of hydrogen-bond donors (Lipinski definition) is 2. The number of carbonyl (C=O) groups is 1. The Morgan fingerprint density at radius 3 is 2.50 bits per heavy atom. The molecule has 0 aromatic rings. The van der Waals surface area contributed by atoms with Crippen molar-refractivity contribution in [3.8, 4) is 0 Å². The molecule has 4 fully saturated rings. The van der Waals surface area contributed by atoms with E-state index in [9.17, 15) is 4.79 Å². The van der Waals surface area contributed by atoms with E-state index in [0.29, 0.717) is 23.3 Å². The fourth-order valence-corrected chi connectivity index (χ4v) is 5.28. The third kappa shape index (κ3) is 3.86. The molecule has 1 saturated heterocycles. The maximum atomic E-state index is 12.6. The molecule has 0 bridgehead atoms. The van der Waals surface area contributed by atoms with Crippen LogP contribution in [0.2, 0.25) is 0 Å². The highest BCUT2D eigenvalue weighted by atomic mass is 16.2. The highest BCUT2D eigenvalue weighted by Crippen LogP contribution is 2.57. The number of carbonyl (C=O) groups excluding carboxylic acids is 1. The van der Waals surface area contributed by atoms with Crippen molar-refractivity contribution in [3.05, 3.63) is 0 Å². The third-order valence-corrected chi connectivity index (χ3v) is 7.23. The van der Waals surface area contributed by atoms with Gasteiger partial charge in [0.15, 0.2) is 5.96 Å². The largest absolute Gasteiger partial charge is 0.357 e. The maximum absolute atomic E-state index is 12.6. The number of nitrogens with one attached hydrogen (secondary N) is 2. The summed E-state index contributed by atoms with van der Waals surface area (Å²) in [6, 6.07) is 0.344. The van der Waals surface area contributed by atoms with Crippen LogP contribution in [0.15, 0.2) is 4.99 Å². The molecule has 1 aliphatic heterocycles. The maximum Gasteiger partial charge on any atom is 0.225 e. The van der Waals surface area contributed by atoms with Gasteiger partial charge in [-0.1, -0.05) is 19.3 Å². The lowest BCUT2D eigenvalue weighted by molar-refractivity contribution is -0.134. The summed E-state index contributed by atoms with van der Waals surface area (Å²) in [4.78, 5) is 19.7. The van der Waals surface area contributed by atoms with E-state index in [0.717, 1.165) is 57.3 Å². The number of aliphatic imine (C=N–C) groups is 1. The monoisotopic (exact) mass is 360 g/mol. The van der Waals surface area contributed by atoms with Crippen molar-refractivity contribution < 1.29 is 4.79 Å². The molecule has 0 spiro atoms. The molecule has 4 rings (SSSR count). The van der Waals surface area contributed by atoms with Gasteiger partial charge in [0, 0.05) is 38.1 Å². The van der Waals surface area contributed by atoms with Crippen LogP contribution in [0.5, 0.6) is 0 Å². The van der Waals surface area contributed by atoms with E-state index in [4.69, 9.17) is 4.99 Å². The molecule has 0 aromatic heterocycles. The number of nitrogens with zero attached hydrogens (tertiary/aromatic N) is 2. The van der Waals surface area contributed by atoms with Gasteiger partial charge in [-0.05, 0) is 63.2 Å². The molecule has 5 nitrogen and oxygen atoms in total. The summed E-state index contributed by atoms with van der Waals surface area (Å²) >= 11 is 0. The molecule has 4 aliphatic rings. The van der Waals surface area contributed by atoms with Crippen molar-refractivity contribution in [1.82, 2.24) is 15.5 Å². The summed E-state index contributed by atoms with van der Waals surface area (Å²) in [5.74, 6) is 2.59. The van der Waals surface area contributed by atoms with Gasteiger partial charge in [-0.2, -0.15) is 0 Å². The zero-order valence-corrected chi connectivity index (χ0v) is 16.4. The van der Waals surface area contributed by atoms with Gasteiger partial charge in [-0.15, -0.1) is 0 Å². The van der Waals surface area contributed by atoms with E-state index in [1.165, 1.54) is 44.9 Å². The summed E-state index contributed by atoms with van der Waals surface area (Å²) in [6.45, 7) is 5.73. The summed E-state index contributed by atoms with van der Waals surface area (Å²) in [5, 5.41) is 7.04. The third-order valence-electron chi connectivity index (χ3n) is 7.23. The van der Waals surface area contributed by atoms with Crippen LogP contribution in [0.25, 0.3) is 0 Å². The van der Waals surface area contributed by atoms with Gasteiger partial charge in [0.1, 0.15) is 0 Å². The van der Waals surface area contributed by atoms with Crippen LogP contribution in [0.3, 0.4) is 0 Å². The average Bonchev–Trinajstić information content (AvgIpc) is 3.11.